The van der Waals surface area contributed by atoms with Gasteiger partial charge in [0.25, 0.3) is 5.91 Å². The van der Waals surface area contributed by atoms with E-state index < -0.39 is 0 Å². The minimum atomic E-state index is -0.215. The molecule has 2 aliphatic rings. The molecule has 1 aromatic heterocycles. The van der Waals surface area contributed by atoms with E-state index in [1.165, 1.54) is 12.8 Å². The number of anilines is 1. The first kappa shape index (κ1) is 21.1. The van der Waals surface area contributed by atoms with Gasteiger partial charge in [-0.3, -0.25) is 9.69 Å². The molecule has 2 heterocycles. The molecule has 1 aliphatic heterocycles. The molecule has 5 nitrogen and oxygen atoms in total. The summed E-state index contributed by atoms with van der Waals surface area (Å²) in [5.41, 5.74) is 3.29. The number of nitrogens with zero attached hydrogens (tertiary/aromatic N) is 1. The molecule has 168 valence electrons. The zero-order valence-electron chi connectivity index (χ0n) is 19.4. The fraction of sp³-hybridized carbons (Fsp3) is 0.444. The number of para-hydroxylation sites is 1. The molecule has 1 saturated heterocycles. The number of carbonyl (C=O) groups excluding carboxylic acids is 1. The van der Waals surface area contributed by atoms with Crippen LogP contribution < -0.4 is 5.32 Å². The average molecular weight is 433 g/mol. The van der Waals surface area contributed by atoms with Gasteiger partial charge in [-0.2, -0.15) is 0 Å². The topological polar surface area (TPSA) is 65.7 Å². The number of furan rings is 1. The molecule has 2 bridgehead atoms. The highest BCUT2D eigenvalue weighted by atomic mass is 16.3. The molecule has 1 saturated carbocycles. The van der Waals surface area contributed by atoms with E-state index in [0.717, 1.165) is 29.6 Å². The van der Waals surface area contributed by atoms with E-state index in [1.807, 2.05) is 37.3 Å². The Hall–Kier alpha value is -2.79. The molecule has 0 unspecified atom stereocenters. The number of hydrogen-bond donors (Lipinski definition) is 2. The SMILES string of the molecule is Cc1oc2ccc(O)c(CN3C[C@@]4(C)C[C@@H]3CC(C)(C)C4)c2c1C(=O)Nc1ccccc1. The van der Waals surface area contributed by atoms with E-state index in [4.69, 9.17) is 4.42 Å². The highest BCUT2D eigenvalue weighted by Crippen LogP contribution is 2.53. The largest absolute Gasteiger partial charge is 0.508 e. The average Bonchev–Trinajstić information content (AvgIpc) is 3.16. The summed E-state index contributed by atoms with van der Waals surface area (Å²) in [6.07, 6.45) is 3.57. The Labute approximate surface area is 189 Å². The monoisotopic (exact) mass is 432 g/mol. The standard InChI is InChI=1S/C27H32N2O3/c1-17-23(25(31)28-18-8-6-5-7-9-18)24-20(21(30)10-11-22(24)32-17)14-29-16-27(4)13-19(29)12-26(2,3)15-27/h5-11,19,30H,12-16H2,1-4H3,(H,28,31)/t19-,27-/m0/s1. The second-order valence-electron chi connectivity index (χ2n) is 10.9. The Morgan fingerprint density at radius 2 is 1.91 bits per heavy atom. The molecule has 32 heavy (non-hydrogen) atoms. The molecule has 3 aromatic rings. The zero-order valence-corrected chi connectivity index (χ0v) is 19.4. The Morgan fingerprint density at radius 3 is 2.66 bits per heavy atom. The van der Waals surface area contributed by atoms with Gasteiger partial charge >= 0.3 is 0 Å². The van der Waals surface area contributed by atoms with Gasteiger partial charge in [0.1, 0.15) is 17.1 Å². The molecular formula is C27H32N2O3. The maximum atomic E-state index is 13.3. The van der Waals surface area contributed by atoms with Crippen molar-refractivity contribution in [3.63, 3.8) is 0 Å². The summed E-state index contributed by atoms with van der Waals surface area (Å²) >= 11 is 0. The Balaban J connectivity index is 1.53. The first-order chi connectivity index (χ1) is 15.1. The molecule has 2 fully saturated rings. The van der Waals surface area contributed by atoms with Crippen molar-refractivity contribution in [2.24, 2.45) is 10.8 Å². The summed E-state index contributed by atoms with van der Waals surface area (Å²) in [7, 11) is 0. The maximum Gasteiger partial charge on any atom is 0.259 e. The van der Waals surface area contributed by atoms with Crippen LogP contribution in [0.1, 0.15) is 61.7 Å². The summed E-state index contributed by atoms with van der Waals surface area (Å²) in [4.78, 5) is 15.8. The molecule has 0 radical (unpaired) electrons. The third-order valence-electron chi connectivity index (χ3n) is 7.26. The van der Waals surface area contributed by atoms with Crippen LogP contribution in [0.5, 0.6) is 5.75 Å². The Kier molecular flexibility index (Phi) is 4.86. The van der Waals surface area contributed by atoms with Crippen molar-refractivity contribution in [2.45, 2.75) is 59.5 Å². The van der Waals surface area contributed by atoms with Crippen LogP contribution in [0.3, 0.4) is 0 Å². The van der Waals surface area contributed by atoms with Crippen molar-refractivity contribution < 1.29 is 14.3 Å². The van der Waals surface area contributed by atoms with Crippen molar-refractivity contribution in [3.8, 4) is 5.75 Å². The predicted octanol–water partition coefficient (Wildman–Crippen LogP) is 6.10. The number of phenolic OH excluding ortho intramolecular Hbond substituents is 1. The number of likely N-dealkylation sites (tertiary alicyclic amines) is 1. The van der Waals surface area contributed by atoms with Crippen molar-refractivity contribution in [1.82, 2.24) is 4.90 Å². The molecule has 5 rings (SSSR count). The smallest absolute Gasteiger partial charge is 0.259 e. The quantitative estimate of drug-likeness (QED) is 0.523. The second kappa shape index (κ2) is 7.38. The van der Waals surface area contributed by atoms with Crippen LogP contribution in [0, 0.1) is 17.8 Å². The van der Waals surface area contributed by atoms with E-state index in [1.54, 1.807) is 12.1 Å². The molecule has 1 aliphatic carbocycles. The van der Waals surface area contributed by atoms with Crippen molar-refractivity contribution in [2.75, 3.05) is 11.9 Å². The fourth-order valence-electron chi connectivity index (χ4n) is 6.48. The lowest BCUT2D eigenvalue weighted by molar-refractivity contribution is 0.102. The number of fused-ring (bicyclic) bond motifs is 3. The number of aryl methyl sites for hydroxylation is 1. The van der Waals surface area contributed by atoms with E-state index in [-0.39, 0.29) is 11.7 Å². The third-order valence-corrected chi connectivity index (χ3v) is 7.26. The Morgan fingerprint density at radius 1 is 1.16 bits per heavy atom. The third kappa shape index (κ3) is 3.69. The van der Waals surface area contributed by atoms with Gasteiger partial charge in [-0.15, -0.1) is 0 Å². The molecule has 5 heteroatoms. The highest BCUT2D eigenvalue weighted by molar-refractivity contribution is 6.14. The van der Waals surface area contributed by atoms with Gasteiger partial charge < -0.3 is 14.8 Å². The van der Waals surface area contributed by atoms with Crippen LogP contribution in [-0.2, 0) is 6.54 Å². The van der Waals surface area contributed by atoms with Gasteiger partial charge in [-0.1, -0.05) is 39.0 Å². The van der Waals surface area contributed by atoms with Crippen molar-refractivity contribution >= 4 is 22.6 Å². The normalized spacial score (nSPS) is 24.7. The van der Waals surface area contributed by atoms with Crippen LogP contribution in [0.2, 0.25) is 0 Å². The highest BCUT2D eigenvalue weighted by Gasteiger charge is 2.49. The summed E-state index contributed by atoms with van der Waals surface area (Å²) < 4.78 is 5.97. The first-order valence-corrected chi connectivity index (χ1v) is 11.5. The van der Waals surface area contributed by atoms with Crippen LogP contribution in [-0.4, -0.2) is 28.5 Å². The minimum Gasteiger partial charge on any atom is -0.508 e. The first-order valence-electron chi connectivity index (χ1n) is 11.5. The number of hydrogen-bond acceptors (Lipinski definition) is 4. The molecule has 1 amide bonds. The number of benzene rings is 2. The van der Waals surface area contributed by atoms with Gasteiger partial charge in [0.15, 0.2) is 0 Å². The van der Waals surface area contributed by atoms with Gasteiger partial charge in [0, 0.05) is 35.8 Å². The second-order valence-corrected chi connectivity index (χ2v) is 10.9. The number of aromatic hydroxyl groups is 1. The molecule has 2 aromatic carbocycles. The summed E-state index contributed by atoms with van der Waals surface area (Å²) in [6, 6.07) is 13.4. The molecule has 0 spiro atoms. The molecule has 2 atom stereocenters. The maximum absolute atomic E-state index is 13.3. The summed E-state index contributed by atoms with van der Waals surface area (Å²) in [5, 5.41) is 14.6. The number of rotatable bonds is 4. The number of carbonyl (C=O) groups is 1. The van der Waals surface area contributed by atoms with Gasteiger partial charge in [0.05, 0.1) is 5.56 Å². The van der Waals surface area contributed by atoms with E-state index >= 15 is 0 Å². The Bertz CT molecular complexity index is 1180. The van der Waals surface area contributed by atoms with Crippen LogP contribution in [0.25, 0.3) is 11.0 Å². The lowest BCUT2D eigenvalue weighted by Gasteiger charge is -2.40. The van der Waals surface area contributed by atoms with Crippen molar-refractivity contribution in [1.29, 1.82) is 0 Å². The molecule has 2 N–H and O–H groups in total. The number of nitrogens with one attached hydrogen (secondary N) is 1. The summed E-state index contributed by atoms with van der Waals surface area (Å²) in [6.45, 7) is 10.6. The zero-order chi connectivity index (χ0) is 22.7. The van der Waals surface area contributed by atoms with Gasteiger partial charge in [-0.25, -0.2) is 0 Å². The minimum absolute atomic E-state index is 0.215. The van der Waals surface area contributed by atoms with Crippen LogP contribution in [0.15, 0.2) is 46.9 Å². The molecular weight excluding hydrogens is 400 g/mol. The van der Waals surface area contributed by atoms with Crippen LogP contribution in [0.4, 0.5) is 5.69 Å². The lowest BCUT2D eigenvalue weighted by Crippen LogP contribution is -2.34. The number of amides is 1. The van der Waals surface area contributed by atoms with E-state index in [2.05, 4.69) is 31.0 Å². The summed E-state index contributed by atoms with van der Waals surface area (Å²) in [5.74, 6) is 0.569. The number of phenols is 1. The van der Waals surface area contributed by atoms with E-state index in [0.29, 0.717) is 40.3 Å². The predicted molar refractivity (Wildman–Crippen MR) is 127 cm³/mol. The van der Waals surface area contributed by atoms with Gasteiger partial charge in [-0.05, 0) is 61.3 Å². The van der Waals surface area contributed by atoms with E-state index in [9.17, 15) is 9.90 Å². The fourth-order valence-corrected chi connectivity index (χ4v) is 6.48. The van der Waals surface area contributed by atoms with Crippen molar-refractivity contribution in [3.05, 3.63) is 59.4 Å². The van der Waals surface area contributed by atoms with Crippen LogP contribution >= 0.6 is 0 Å². The van der Waals surface area contributed by atoms with Gasteiger partial charge in [0.2, 0.25) is 0 Å². The lowest BCUT2D eigenvalue weighted by atomic mass is 9.65.